The molecule has 1 atom stereocenters. The molecule has 1 aliphatic rings. The first-order chi connectivity index (χ1) is 13.4. The predicted octanol–water partition coefficient (Wildman–Crippen LogP) is 3.60. The molecule has 28 heavy (non-hydrogen) atoms. The van der Waals surface area contributed by atoms with E-state index in [9.17, 15) is 9.18 Å². The van der Waals surface area contributed by atoms with Crippen LogP contribution in [-0.4, -0.2) is 44.7 Å². The maximum Gasteiger partial charge on any atom is 0.230 e. The van der Waals surface area contributed by atoms with Gasteiger partial charge in [-0.2, -0.15) is 0 Å². The van der Waals surface area contributed by atoms with Gasteiger partial charge < -0.3 is 15.0 Å². The lowest BCUT2D eigenvalue weighted by atomic mass is 9.73. The van der Waals surface area contributed by atoms with Gasteiger partial charge in [0.25, 0.3) is 0 Å². The van der Waals surface area contributed by atoms with Crippen LogP contribution in [0.25, 0.3) is 0 Å². The van der Waals surface area contributed by atoms with E-state index in [1.165, 1.54) is 12.1 Å². The fourth-order valence-electron chi connectivity index (χ4n) is 3.98. The molecular formula is C23H29FN2O2. The fourth-order valence-corrected chi connectivity index (χ4v) is 3.98. The molecule has 1 fully saturated rings. The van der Waals surface area contributed by atoms with E-state index in [4.69, 9.17) is 4.74 Å². The number of likely N-dealkylation sites (N-methyl/N-ethyl adjacent to an activating group) is 1. The number of ether oxygens (including phenoxy) is 1. The van der Waals surface area contributed by atoms with E-state index in [0.29, 0.717) is 32.6 Å². The Labute approximate surface area is 166 Å². The molecule has 0 unspecified atom stereocenters. The highest BCUT2D eigenvalue weighted by Crippen LogP contribution is 2.35. The summed E-state index contributed by atoms with van der Waals surface area (Å²) < 4.78 is 19.2. The summed E-state index contributed by atoms with van der Waals surface area (Å²) in [6.07, 6.45) is 1.32. The van der Waals surface area contributed by atoms with E-state index in [-0.39, 0.29) is 17.8 Å². The van der Waals surface area contributed by atoms with Crippen molar-refractivity contribution in [2.24, 2.45) is 0 Å². The topological polar surface area (TPSA) is 41.6 Å². The molecule has 2 aromatic carbocycles. The van der Waals surface area contributed by atoms with Crippen LogP contribution in [0, 0.1) is 12.7 Å². The maximum atomic E-state index is 13.7. The number of benzene rings is 2. The van der Waals surface area contributed by atoms with Gasteiger partial charge in [-0.05, 0) is 57.1 Å². The van der Waals surface area contributed by atoms with Gasteiger partial charge in [-0.15, -0.1) is 0 Å². The third-order valence-electron chi connectivity index (χ3n) is 5.66. The van der Waals surface area contributed by atoms with Crippen LogP contribution >= 0.6 is 0 Å². The highest BCUT2D eigenvalue weighted by Gasteiger charge is 2.41. The molecule has 0 saturated carbocycles. The quantitative estimate of drug-likeness (QED) is 0.827. The highest BCUT2D eigenvalue weighted by molar-refractivity contribution is 5.88. The van der Waals surface area contributed by atoms with Gasteiger partial charge in [0, 0.05) is 19.8 Å². The zero-order valence-corrected chi connectivity index (χ0v) is 16.9. The zero-order chi connectivity index (χ0) is 20.1. The Balaban J connectivity index is 1.81. The molecule has 0 bridgehead atoms. The minimum Gasteiger partial charge on any atom is -0.381 e. The average molecular weight is 384 g/mol. The molecule has 3 rings (SSSR count). The second kappa shape index (κ2) is 8.84. The summed E-state index contributed by atoms with van der Waals surface area (Å²) >= 11 is 0. The number of hydrogen-bond acceptors (Lipinski definition) is 3. The van der Waals surface area contributed by atoms with Crippen LogP contribution in [-0.2, 0) is 14.9 Å². The monoisotopic (exact) mass is 384 g/mol. The zero-order valence-electron chi connectivity index (χ0n) is 16.9. The van der Waals surface area contributed by atoms with Gasteiger partial charge in [0.05, 0.1) is 11.5 Å². The highest BCUT2D eigenvalue weighted by atomic mass is 19.1. The molecule has 150 valence electrons. The second-order valence-corrected chi connectivity index (χ2v) is 7.81. The van der Waals surface area contributed by atoms with Gasteiger partial charge in [0.2, 0.25) is 5.91 Å². The number of aryl methyl sites for hydroxylation is 1. The largest absolute Gasteiger partial charge is 0.381 e. The Morgan fingerprint density at radius 3 is 2.54 bits per heavy atom. The SMILES string of the molecule is Cc1cccc(C2(C(=O)NC[C@H](c3cccc(F)c3)N(C)C)CCOCC2)c1. The van der Waals surface area contributed by atoms with Gasteiger partial charge in [0.15, 0.2) is 0 Å². The molecule has 0 radical (unpaired) electrons. The van der Waals surface area contributed by atoms with Crippen molar-refractivity contribution in [3.63, 3.8) is 0 Å². The Kier molecular flexibility index (Phi) is 6.47. The van der Waals surface area contributed by atoms with E-state index < -0.39 is 5.41 Å². The van der Waals surface area contributed by atoms with Crippen molar-refractivity contribution < 1.29 is 13.9 Å². The van der Waals surface area contributed by atoms with Crippen LogP contribution in [0.5, 0.6) is 0 Å². The van der Waals surface area contributed by atoms with Crippen molar-refractivity contribution in [2.75, 3.05) is 33.9 Å². The predicted molar refractivity (Wildman–Crippen MR) is 109 cm³/mol. The number of carbonyl (C=O) groups excluding carboxylic acids is 1. The third kappa shape index (κ3) is 4.42. The molecule has 1 aliphatic heterocycles. The number of nitrogens with one attached hydrogen (secondary N) is 1. The van der Waals surface area contributed by atoms with E-state index in [2.05, 4.69) is 11.4 Å². The normalized spacial score (nSPS) is 17.3. The van der Waals surface area contributed by atoms with Crippen LogP contribution in [0.2, 0.25) is 0 Å². The van der Waals surface area contributed by atoms with Crippen molar-refractivity contribution >= 4 is 5.91 Å². The van der Waals surface area contributed by atoms with Gasteiger partial charge in [0.1, 0.15) is 5.82 Å². The summed E-state index contributed by atoms with van der Waals surface area (Å²) in [6.45, 7) is 3.61. The summed E-state index contributed by atoms with van der Waals surface area (Å²) in [5, 5.41) is 3.15. The Hall–Kier alpha value is -2.24. The molecule has 1 heterocycles. The van der Waals surface area contributed by atoms with Crippen LogP contribution in [0.15, 0.2) is 48.5 Å². The number of carbonyl (C=O) groups is 1. The summed E-state index contributed by atoms with van der Waals surface area (Å²) in [6, 6.07) is 14.6. The fraction of sp³-hybridized carbons (Fsp3) is 0.435. The lowest BCUT2D eigenvalue weighted by Gasteiger charge is -2.37. The number of amides is 1. The Morgan fingerprint density at radius 1 is 1.18 bits per heavy atom. The number of hydrogen-bond donors (Lipinski definition) is 1. The van der Waals surface area contributed by atoms with Gasteiger partial charge in [-0.25, -0.2) is 4.39 Å². The van der Waals surface area contributed by atoms with Crippen LogP contribution in [0.1, 0.15) is 35.6 Å². The molecule has 0 aromatic heterocycles. The number of rotatable bonds is 6. The van der Waals surface area contributed by atoms with Gasteiger partial charge >= 0.3 is 0 Å². The van der Waals surface area contributed by atoms with Crippen molar-refractivity contribution in [3.05, 3.63) is 71.0 Å². The number of halogens is 1. The van der Waals surface area contributed by atoms with Crippen molar-refractivity contribution in [3.8, 4) is 0 Å². The Bertz CT molecular complexity index is 816. The van der Waals surface area contributed by atoms with Crippen molar-refractivity contribution in [1.29, 1.82) is 0 Å². The molecule has 5 heteroatoms. The lowest BCUT2D eigenvalue weighted by molar-refractivity contribution is -0.130. The number of nitrogens with zero attached hydrogens (tertiary/aromatic N) is 1. The maximum absolute atomic E-state index is 13.7. The van der Waals surface area contributed by atoms with Crippen LogP contribution in [0.4, 0.5) is 4.39 Å². The molecule has 1 N–H and O–H groups in total. The molecule has 0 aliphatic carbocycles. The molecule has 2 aromatic rings. The summed E-state index contributed by atoms with van der Waals surface area (Å²) in [5.41, 5.74) is 2.45. The van der Waals surface area contributed by atoms with Crippen molar-refractivity contribution in [1.82, 2.24) is 10.2 Å². The minimum atomic E-state index is -0.580. The van der Waals surface area contributed by atoms with E-state index in [1.807, 2.05) is 50.2 Å². The van der Waals surface area contributed by atoms with E-state index >= 15 is 0 Å². The molecular weight excluding hydrogens is 355 g/mol. The van der Waals surface area contributed by atoms with Gasteiger partial charge in [-0.3, -0.25) is 4.79 Å². The Morgan fingerprint density at radius 2 is 1.89 bits per heavy atom. The van der Waals surface area contributed by atoms with E-state index in [1.54, 1.807) is 6.07 Å². The first-order valence-corrected chi connectivity index (χ1v) is 9.77. The van der Waals surface area contributed by atoms with Crippen LogP contribution < -0.4 is 5.32 Å². The smallest absolute Gasteiger partial charge is 0.230 e. The average Bonchev–Trinajstić information content (AvgIpc) is 2.68. The molecule has 4 nitrogen and oxygen atoms in total. The molecule has 1 amide bonds. The third-order valence-corrected chi connectivity index (χ3v) is 5.66. The first kappa shape index (κ1) is 20.5. The summed E-state index contributed by atoms with van der Waals surface area (Å²) in [4.78, 5) is 15.4. The van der Waals surface area contributed by atoms with Crippen LogP contribution in [0.3, 0.4) is 0 Å². The second-order valence-electron chi connectivity index (χ2n) is 7.81. The first-order valence-electron chi connectivity index (χ1n) is 9.77. The lowest BCUT2D eigenvalue weighted by Crippen LogP contribution is -2.49. The van der Waals surface area contributed by atoms with Crippen molar-refractivity contribution in [2.45, 2.75) is 31.2 Å². The minimum absolute atomic E-state index is 0.0182. The molecule has 1 saturated heterocycles. The summed E-state index contributed by atoms with van der Waals surface area (Å²) in [7, 11) is 3.87. The van der Waals surface area contributed by atoms with Gasteiger partial charge in [-0.1, -0.05) is 42.0 Å². The standard InChI is InChI=1S/C23H29FN2O2/c1-17-6-4-8-19(14-17)23(10-12-28-13-11-23)22(27)25-16-21(26(2)3)18-7-5-9-20(24)15-18/h4-9,14-15,21H,10-13,16H2,1-3H3,(H,25,27)/t21-/m1/s1. The summed E-state index contributed by atoms with van der Waals surface area (Å²) in [5.74, 6) is -0.249. The van der Waals surface area contributed by atoms with E-state index in [0.717, 1.165) is 16.7 Å². The molecule has 0 spiro atoms.